The van der Waals surface area contributed by atoms with Crippen LogP contribution < -0.4 is 9.46 Å². The van der Waals surface area contributed by atoms with Crippen LogP contribution in [0.3, 0.4) is 0 Å². The van der Waals surface area contributed by atoms with Crippen LogP contribution in [0.5, 0.6) is 5.75 Å². The van der Waals surface area contributed by atoms with E-state index < -0.39 is 21.8 Å². The minimum absolute atomic E-state index is 0.0568. The molecule has 2 aromatic carbocycles. The number of benzene rings is 2. The van der Waals surface area contributed by atoms with E-state index in [-0.39, 0.29) is 34.1 Å². The van der Waals surface area contributed by atoms with E-state index in [2.05, 4.69) is 9.62 Å². The molecule has 2 heterocycles. The van der Waals surface area contributed by atoms with Crippen LogP contribution in [0.4, 0.5) is 10.1 Å². The van der Waals surface area contributed by atoms with Crippen molar-refractivity contribution in [1.29, 1.82) is 0 Å². The molecule has 2 N–H and O–H groups in total. The predicted octanol–water partition coefficient (Wildman–Crippen LogP) is 4.87. The van der Waals surface area contributed by atoms with Gasteiger partial charge in [-0.2, -0.15) is 0 Å². The number of fused-ring (bicyclic) bond motifs is 3. The molecule has 1 aromatic heterocycles. The van der Waals surface area contributed by atoms with E-state index in [4.69, 9.17) is 9.15 Å². The lowest BCUT2D eigenvalue weighted by molar-refractivity contribution is 0.0693. The Bertz CT molecular complexity index is 1410. The van der Waals surface area contributed by atoms with Crippen molar-refractivity contribution >= 4 is 27.8 Å². The minimum atomic E-state index is -4.28. The fourth-order valence-corrected chi connectivity index (χ4v) is 5.42. The number of ether oxygens (including phenoxy) is 1. The van der Waals surface area contributed by atoms with Crippen LogP contribution in [0.1, 0.15) is 35.5 Å². The first-order valence-electron chi connectivity index (χ1n) is 11.6. The van der Waals surface area contributed by atoms with Crippen LogP contribution in [0.15, 0.2) is 58.1 Å². The van der Waals surface area contributed by atoms with E-state index >= 15 is 0 Å². The van der Waals surface area contributed by atoms with Crippen LogP contribution in [-0.4, -0.2) is 50.6 Å². The van der Waals surface area contributed by atoms with Crippen LogP contribution >= 0.6 is 0 Å². The number of nitrogens with zero attached hydrogens (tertiary/aromatic N) is 1. The van der Waals surface area contributed by atoms with Gasteiger partial charge in [0.2, 0.25) is 0 Å². The van der Waals surface area contributed by atoms with Gasteiger partial charge in [0.25, 0.3) is 10.0 Å². The summed E-state index contributed by atoms with van der Waals surface area (Å²) in [6, 6.07) is 8.03. The van der Waals surface area contributed by atoms with Gasteiger partial charge < -0.3 is 19.2 Å². The molecule has 0 saturated carbocycles. The van der Waals surface area contributed by atoms with Crippen molar-refractivity contribution < 1.29 is 31.9 Å². The number of carboxylic acid groups (broad SMARTS) is 1. The van der Waals surface area contributed by atoms with Crippen molar-refractivity contribution in [3.05, 3.63) is 71.4 Å². The maximum atomic E-state index is 14.0. The third-order valence-electron chi connectivity index (χ3n) is 6.04. The Morgan fingerprint density at radius 3 is 2.67 bits per heavy atom. The number of hydrogen-bond donors (Lipinski definition) is 2. The van der Waals surface area contributed by atoms with Gasteiger partial charge in [0.1, 0.15) is 22.9 Å². The predicted molar refractivity (Wildman–Crippen MR) is 134 cm³/mol. The zero-order chi connectivity index (χ0) is 25.9. The molecule has 0 atom stereocenters. The van der Waals surface area contributed by atoms with Gasteiger partial charge in [-0.25, -0.2) is 17.6 Å². The van der Waals surface area contributed by atoms with Gasteiger partial charge in [0, 0.05) is 24.1 Å². The molecule has 36 heavy (non-hydrogen) atoms. The molecular weight excluding hydrogens is 487 g/mol. The Balaban J connectivity index is 1.73. The normalized spacial score (nSPS) is 13.2. The van der Waals surface area contributed by atoms with Crippen molar-refractivity contribution in [3.63, 3.8) is 0 Å². The standard InChI is InChI=1S/C26H27FN2O6S/c1-3-29(4-2)13-5-6-17-16-18(27)7-10-23(17)36(32,33)28-21-9-8-20-19-11-14-34-22(19)12-15-35-25(20)24(21)26(30)31/h5-11,14,16,28H,3-4,12-13,15H2,1-2H3,(H,30,31). The highest BCUT2D eigenvalue weighted by Gasteiger charge is 2.28. The van der Waals surface area contributed by atoms with Crippen LogP contribution in [0.25, 0.3) is 17.2 Å². The molecule has 190 valence electrons. The van der Waals surface area contributed by atoms with Gasteiger partial charge >= 0.3 is 5.97 Å². The molecule has 0 spiro atoms. The maximum Gasteiger partial charge on any atom is 0.341 e. The Hall–Kier alpha value is -3.63. The number of sulfonamides is 1. The van der Waals surface area contributed by atoms with Gasteiger partial charge in [-0.3, -0.25) is 4.72 Å². The molecule has 0 radical (unpaired) electrons. The average molecular weight is 515 g/mol. The quantitative estimate of drug-likeness (QED) is 0.419. The second kappa shape index (κ2) is 10.5. The Kier molecular flexibility index (Phi) is 7.46. The van der Waals surface area contributed by atoms with E-state index in [1.807, 2.05) is 13.8 Å². The summed E-state index contributed by atoms with van der Waals surface area (Å²) in [6.45, 7) is 6.39. The Morgan fingerprint density at radius 2 is 1.94 bits per heavy atom. The van der Waals surface area contributed by atoms with E-state index in [1.165, 1.54) is 12.3 Å². The zero-order valence-corrected chi connectivity index (χ0v) is 20.8. The van der Waals surface area contributed by atoms with Crippen LogP contribution in [0.2, 0.25) is 0 Å². The summed E-state index contributed by atoms with van der Waals surface area (Å²) < 4.78 is 54.4. The number of anilines is 1. The summed E-state index contributed by atoms with van der Waals surface area (Å²) in [7, 11) is -4.28. The number of carboxylic acids is 1. The first kappa shape index (κ1) is 25.5. The topological polar surface area (TPSA) is 109 Å². The highest BCUT2D eigenvalue weighted by Crippen LogP contribution is 2.42. The molecule has 4 rings (SSSR count). The number of aromatic carboxylic acids is 1. The summed E-state index contributed by atoms with van der Waals surface area (Å²) in [5.41, 5.74) is 0.874. The number of furan rings is 1. The molecule has 3 aromatic rings. The van der Waals surface area contributed by atoms with Gasteiger partial charge in [-0.1, -0.05) is 26.0 Å². The lowest BCUT2D eigenvalue weighted by Crippen LogP contribution is -2.22. The first-order valence-corrected chi connectivity index (χ1v) is 13.0. The number of nitrogens with one attached hydrogen (secondary N) is 1. The van der Waals surface area contributed by atoms with Gasteiger partial charge in [-0.05, 0) is 55.1 Å². The Morgan fingerprint density at radius 1 is 1.17 bits per heavy atom. The lowest BCUT2D eigenvalue weighted by atomic mass is 10.0. The molecule has 8 nitrogen and oxygen atoms in total. The fraction of sp³-hybridized carbons (Fsp3) is 0.269. The van der Waals surface area contributed by atoms with E-state index in [1.54, 1.807) is 24.3 Å². The third-order valence-corrected chi connectivity index (χ3v) is 7.48. The lowest BCUT2D eigenvalue weighted by Gasteiger charge is -2.17. The molecule has 0 amide bonds. The molecule has 0 aliphatic carbocycles. The molecule has 0 fully saturated rings. The van der Waals surface area contributed by atoms with E-state index in [0.29, 0.717) is 29.9 Å². The molecule has 1 aliphatic heterocycles. The van der Waals surface area contributed by atoms with E-state index in [9.17, 15) is 22.7 Å². The smallest absolute Gasteiger partial charge is 0.341 e. The number of halogens is 1. The van der Waals surface area contributed by atoms with Crippen molar-refractivity contribution in [3.8, 4) is 16.9 Å². The number of carbonyl (C=O) groups is 1. The number of likely N-dealkylation sites (N-methyl/N-ethyl adjacent to an activating group) is 1. The molecule has 10 heteroatoms. The zero-order valence-electron chi connectivity index (χ0n) is 20.0. The van der Waals surface area contributed by atoms with Crippen LogP contribution in [-0.2, 0) is 16.4 Å². The second-order valence-corrected chi connectivity index (χ2v) is 9.85. The third kappa shape index (κ3) is 5.14. The van der Waals surface area contributed by atoms with Crippen molar-refractivity contribution in [2.24, 2.45) is 0 Å². The summed E-state index contributed by atoms with van der Waals surface area (Å²) in [6.07, 6.45) is 5.27. The summed E-state index contributed by atoms with van der Waals surface area (Å²) in [4.78, 5) is 14.2. The Labute approximate surface area is 209 Å². The van der Waals surface area contributed by atoms with Crippen LogP contribution in [0, 0.1) is 5.82 Å². The second-order valence-electron chi connectivity index (χ2n) is 8.20. The number of rotatable bonds is 9. The summed E-state index contributed by atoms with van der Waals surface area (Å²) >= 11 is 0. The largest absolute Gasteiger partial charge is 0.491 e. The first-order chi connectivity index (χ1) is 17.2. The highest BCUT2D eigenvalue weighted by atomic mass is 32.2. The molecule has 1 aliphatic rings. The molecule has 0 unspecified atom stereocenters. The van der Waals surface area contributed by atoms with Gasteiger partial charge in [0.15, 0.2) is 0 Å². The number of hydrogen-bond acceptors (Lipinski definition) is 6. The summed E-state index contributed by atoms with van der Waals surface area (Å²) in [5.74, 6) is -1.22. The maximum absolute atomic E-state index is 14.0. The van der Waals surface area contributed by atoms with Crippen molar-refractivity contribution in [2.75, 3.05) is 31.0 Å². The highest BCUT2D eigenvalue weighted by molar-refractivity contribution is 7.92. The van der Waals surface area contributed by atoms with Gasteiger partial charge in [0.05, 0.1) is 23.5 Å². The molecule has 0 bridgehead atoms. The van der Waals surface area contributed by atoms with Crippen molar-refractivity contribution in [2.45, 2.75) is 25.2 Å². The van der Waals surface area contributed by atoms with Gasteiger partial charge in [-0.15, -0.1) is 0 Å². The van der Waals surface area contributed by atoms with Crippen molar-refractivity contribution in [1.82, 2.24) is 4.90 Å². The summed E-state index contributed by atoms with van der Waals surface area (Å²) in [5, 5.41) is 9.98. The molecular formula is C26H27FN2O6S. The SMILES string of the molecule is CCN(CC)CC=Cc1cc(F)ccc1S(=O)(=O)Nc1ccc2c(c1C(=O)O)OCCc1occc1-2. The fourth-order valence-electron chi connectivity index (χ4n) is 4.17. The molecule has 0 saturated heterocycles. The monoisotopic (exact) mass is 514 g/mol. The average Bonchev–Trinajstić information content (AvgIpc) is 3.22. The minimum Gasteiger partial charge on any atom is -0.491 e. The van der Waals surface area contributed by atoms with E-state index in [0.717, 1.165) is 31.3 Å².